The summed E-state index contributed by atoms with van der Waals surface area (Å²) in [5, 5.41) is 11.0. The first kappa shape index (κ1) is 7.80. The van der Waals surface area contributed by atoms with Crippen LogP contribution in [0.3, 0.4) is 0 Å². The third-order valence-electron chi connectivity index (χ3n) is 2.01. The van der Waals surface area contributed by atoms with Crippen LogP contribution in [0, 0.1) is 0 Å². The number of phenolic OH excluding ortho intramolecular Hbond substituents is 1. The second-order valence-corrected chi connectivity index (χ2v) is 2.87. The molecule has 2 rings (SSSR count). The second-order valence-electron chi connectivity index (χ2n) is 2.87. The maximum Gasteiger partial charge on any atom is 0.150 e. The monoisotopic (exact) mass is 172 g/mol. The van der Waals surface area contributed by atoms with E-state index in [-0.39, 0.29) is 5.75 Å². The minimum Gasteiger partial charge on any atom is -0.508 e. The van der Waals surface area contributed by atoms with Crippen LogP contribution < -0.4 is 0 Å². The fourth-order valence-corrected chi connectivity index (χ4v) is 1.42. The molecule has 0 amide bonds. The number of hydrogen-bond donors (Lipinski definition) is 1. The zero-order chi connectivity index (χ0) is 9.26. The van der Waals surface area contributed by atoms with Crippen LogP contribution in [0.2, 0.25) is 0 Å². The first-order chi connectivity index (χ1) is 6.31. The molecule has 2 heteroatoms. The number of carbonyl (C=O) groups excluding carboxylic acids is 1. The van der Waals surface area contributed by atoms with Gasteiger partial charge in [0.1, 0.15) is 5.75 Å². The summed E-state index contributed by atoms with van der Waals surface area (Å²) in [4.78, 5) is 10.7. The Morgan fingerprint density at radius 2 is 1.92 bits per heavy atom. The molecule has 0 aliphatic rings. The van der Waals surface area contributed by atoms with E-state index in [1.807, 2.05) is 24.3 Å². The van der Waals surface area contributed by atoms with Gasteiger partial charge in [0.2, 0.25) is 0 Å². The second kappa shape index (κ2) is 2.90. The molecule has 0 radical (unpaired) electrons. The van der Waals surface area contributed by atoms with Crippen molar-refractivity contribution in [3.63, 3.8) is 0 Å². The molecule has 0 fully saturated rings. The third kappa shape index (κ3) is 1.26. The minimum atomic E-state index is 0.126. The van der Waals surface area contributed by atoms with E-state index in [1.54, 1.807) is 6.07 Å². The molecule has 0 saturated carbocycles. The van der Waals surface area contributed by atoms with Crippen LogP contribution in [0.5, 0.6) is 5.75 Å². The van der Waals surface area contributed by atoms with Gasteiger partial charge in [-0.2, -0.15) is 0 Å². The Balaban J connectivity index is 2.89. The predicted octanol–water partition coefficient (Wildman–Crippen LogP) is 2.36. The van der Waals surface area contributed by atoms with Crippen LogP contribution in [-0.4, -0.2) is 11.4 Å². The number of rotatable bonds is 1. The minimum absolute atomic E-state index is 0.126. The molecule has 0 unspecified atom stereocenters. The molecule has 0 atom stereocenters. The first-order valence-corrected chi connectivity index (χ1v) is 3.98. The first-order valence-electron chi connectivity index (χ1n) is 3.98. The van der Waals surface area contributed by atoms with Crippen LogP contribution in [0.15, 0.2) is 36.4 Å². The van der Waals surface area contributed by atoms with E-state index < -0.39 is 0 Å². The van der Waals surface area contributed by atoms with Crippen LogP contribution in [-0.2, 0) is 0 Å². The summed E-state index contributed by atoms with van der Waals surface area (Å²) in [6.07, 6.45) is 0.752. The van der Waals surface area contributed by atoms with E-state index in [2.05, 4.69) is 0 Å². The molecular formula is C11H8O2. The van der Waals surface area contributed by atoms with Crippen molar-refractivity contribution in [3.05, 3.63) is 42.0 Å². The lowest BCUT2D eigenvalue weighted by atomic mass is 10.1. The highest BCUT2D eigenvalue weighted by Crippen LogP contribution is 2.22. The van der Waals surface area contributed by atoms with Crippen molar-refractivity contribution in [2.24, 2.45) is 0 Å². The molecule has 0 saturated heterocycles. The molecule has 0 aromatic heterocycles. The fourth-order valence-electron chi connectivity index (χ4n) is 1.42. The van der Waals surface area contributed by atoms with Crippen molar-refractivity contribution in [1.82, 2.24) is 0 Å². The Morgan fingerprint density at radius 1 is 1.15 bits per heavy atom. The van der Waals surface area contributed by atoms with E-state index >= 15 is 0 Å². The summed E-state index contributed by atoms with van der Waals surface area (Å²) in [5.41, 5.74) is 0.524. The van der Waals surface area contributed by atoms with Crippen LogP contribution in [0.1, 0.15) is 10.4 Å². The van der Waals surface area contributed by atoms with Crippen LogP contribution >= 0.6 is 0 Å². The summed E-state index contributed by atoms with van der Waals surface area (Å²) in [5.74, 6) is 0.126. The average Bonchev–Trinajstić information content (AvgIpc) is 2.16. The summed E-state index contributed by atoms with van der Waals surface area (Å²) in [6.45, 7) is 0. The van der Waals surface area contributed by atoms with Gasteiger partial charge in [0.25, 0.3) is 0 Å². The standard InChI is InChI=1S/C11H8O2/c12-7-9-6-10(13)5-8-3-1-2-4-11(8)9/h1-7,13H. The van der Waals surface area contributed by atoms with Gasteiger partial charge in [0.05, 0.1) is 0 Å². The van der Waals surface area contributed by atoms with E-state index in [0.29, 0.717) is 5.56 Å². The van der Waals surface area contributed by atoms with Crippen LogP contribution in [0.25, 0.3) is 10.8 Å². The van der Waals surface area contributed by atoms with Gasteiger partial charge in [-0.25, -0.2) is 0 Å². The molecule has 0 spiro atoms. The van der Waals surface area contributed by atoms with Crippen molar-refractivity contribution in [1.29, 1.82) is 0 Å². The largest absolute Gasteiger partial charge is 0.508 e. The van der Waals surface area contributed by atoms with E-state index in [0.717, 1.165) is 17.1 Å². The highest BCUT2D eigenvalue weighted by Gasteiger charge is 2.00. The van der Waals surface area contributed by atoms with E-state index in [1.165, 1.54) is 6.07 Å². The summed E-state index contributed by atoms with van der Waals surface area (Å²) in [7, 11) is 0. The molecular weight excluding hydrogens is 164 g/mol. The van der Waals surface area contributed by atoms with Gasteiger partial charge in [0.15, 0.2) is 6.29 Å². The number of aromatic hydroxyl groups is 1. The molecule has 2 aromatic rings. The zero-order valence-corrected chi connectivity index (χ0v) is 6.90. The topological polar surface area (TPSA) is 37.3 Å². The summed E-state index contributed by atoms with van der Waals surface area (Å²) < 4.78 is 0. The predicted molar refractivity (Wildman–Crippen MR) is 51.0 cm³/mol. The number of carbonyl (C=O) groups is 1. The molecule has 13 heavy (non-hydrogen) atoms. The SMILES string of the molecule is O=Cc1cc(O)cc2ccccc12. The van der Waals surface area contributed by atoms with Crippen molar-refractivity contribution in [2.45, 2.75) is 0 Å². The van der Waals surface area contributed by atoms with Crippen molar-refractivity contribution >= 4 is 17.1 Å². The van der Waals surface area contributed by atoms with Gasteiger partial charge < -0.3 is 5.11 Å². The number of phenols is 1. The highest BCUT2D eigenvalue weighted by atomic mass is 16.3. The third-order valence-corrected chi connectivity index (χ3v) is 2.01. The van der Waals surface area contributed by atoms with Gasteiger partial charge in [-0.05, 0) is 22.9 Å². The normalized spacial score (nSPS) is 10.2. The van der Waals surface area contributed by atoms with E-state index in [4.69, 9.17) is 0 Å². The van der Waals surface area contributed by atoms with Crippen molar-refractivity contribution < 1.29 is 9.90 Å². The zero-order valence-electron chi connectivity index (χ0n) is 6.90. The summed E-state index contributed by atoms with van der Waals surface area (Å²) >= 11 is 0. The lowest BCUT2D eigenvalue weighted by molar-refractivity contribution is 0.112. The lowest BCUT2D eigenvalue weighted by Crippen LogP contribution is -1.82. The molecule has 2 nitrogen and oxygen atoms in total. The van der Waals surface area contributed by atoms with Gasteiger partial charge in [-0.1, -0.05) is 24.3 Å². The Kier molecular flexibility index (Phi) is 1.74. The molecule has 1 N–H and O–H groups in total. The van der Waals surface area contributed by atoms with E-state index in [9.17, 15) is 9.90 Å². The summed E-state index contributed by atoms with van der Waals surface area (Å²) in [6, 6.07) is 10.6. The molecule has 0 bridgehead atoms. The Hall–Kier alpha value is -1.83. The number of aldehydes is 1. The number of fused-ring (bicyclic) bond motifs is 1. The molecule has 0 aliphatic carbocycles. The smallest absolute Gasteiger partial charge is 0.150 e. The molecule has 2 aromatic carbocycles. The van der Waals surface area contributed by atoms with Gasteiger partial charge in [-0.3, -0.25) is 4.79 Å². The highest BCUT2D eigenvalue weighted by molar-refractivity contribution is 5.98. The maximum atomic E-state index is 10.7. The van der Waals surface area contributed by atoms with Gasteiger partial charge in [0, 0.05) is 5.56 Å². The van der Waals surface area contributed by atoms with Gasteiger partial charge in [-0.15, -0.1) is 0 Å². The Bertz CT molecular complexity index is 461. The van der Waals surface area contributed by atoms with Gasteiger partial charge >= 0.3 is 0 Å². The Morgan fingerprint density at radius 3 is 2.69 bits per heavy atom. The molecule has 0 aliphatic heterocycles. The molecule has 0 heterocycles. The van der Waals surface area contributed by atoms with Crippen LogP contribution in [0.4, 0.5) is 0 Å². The number of benzene rings is 2. The average molecular weight is 172 g/mol. The lowest BCUT2D eigenvalue weighted by Gasteiger charge is -2.01. The Labute approximate surface area is 75.4 Å². The quantitative estimate of drug-likeness (QED) is 0.670. The number of hydrogen-bond acceptors (Lipinski definition) is 2. The fraction of sp³-hybridized carbons (Fsp3) is 0. The maximum absolute atomic E-state index is 10.7. The van der Waals surface area contributed by atoms with Crippen molar-refractivity contribution in [3.8, 4) is 5.75 Å². The van der Waals surface area contributed by atoms with Crippen molar-refractivity contribution in [2.75, 3.05) is 0 Å². The molecule has 64 valence electrons.